The van der Waals surface area contributed by atoms with Crippen molar-refractivity contribution in [3.63, 3.8) is 0 Å². The molecule has 0 amide bonds. The van der Waals surface area contributed by atoms with Crippen LogP contribution in [0.5, 0.6) is 0 Å². The highest BCUT2D eigenvalue weighted by molar-refractivity contribution is 6.12. The van der Waals surface area contributed by atoms with Gasteiger partial charge in [0, 0.05) is 27.5 Å². The number of hydrogen-bond donors (Lipinski definition) is 0. The van der Waals surface area contributed by atoms with Crippen LogP contribution < -0.4 is 0 Å². The van der Waals surface area contributed by atoms with E-state index in [1.807, 2.05) is 18.2 Å². The van der Waals surface area contributed by atoms with Crippen LogP contribution >= 0.6 is 0 Å². The number of nitrogens with zero attached hydrogens (tertiary/aromatic N) is 2. The number of benzene rings is 8. The molecule has 0 unspecified atom stereocenters. The predicted molar refractivity (Wildman–Crippen MR) is 219 cm³/mol. The SMILES string of the molecule is c1ccc(-c2ccc(-c3nc(-c4cc(-c5ccccc5)cc(-c5cccc6oc7ccccc7c56)c4)cc(-c4ccc5ccccc5c4)n3)cc2)cc1. The lowest BCUT2D eigenvalue weighted by atomic mass is 9.92. The van der Waals surface area contributed by atoms with Gasteiger partial charge in [-0.15, -0.1) is 0 Å². The van der Waals surface area contributed by atoms with Crippen LogP contribution in [0.2, 0.25) is 0 Å². The smallest absolute Gasteiger partial charge is 0.160 e. The van der Waals surface area contributed by atoms with Crippen molar-refractivity contribution in [1.82, 2.24) is 9.97 Å². The summed E-state index contributed by atoms with van der Waals surface area (Å²) in [7, 11) is 0. The molecule has 0 aliphatic heterocycles. The Hall–Kier alpha value is -7.10. The molecule has 0 aliphatic carbocycles. The lowest BCUT2D eigenvalue weighted by Gasteiger charge is -2.14. The molecule has 10 aromatic rings. The molecule has 2 aromatic heterocycles. The van der Waals surface area contributed by atoms with Gasteiger partial charge in [0.15, 0.2) is 5.82 Å². The Morgan fingerprint density at radius 2 is 0.887 bits per heavy atom. The first-order valence-corrected chi connectivity index (χ1v) is 17.9. The van der Waals surface area contributed by atoms with Crippen LogP contribution in [0.3, 0.4) is 0 Å². The molecule has 3 heteroatoms. The zero-order chi connectivity index (χ0) is 35.1. The number of fused-ring (bicyclic) bond motifs is 4. The van der Waals surface area contributed by atoms with Crippen LogP contribution in [-0.2, 0) is 0 Å². The molecule has 8 aromatic carbocycles. The summed E-state index contributed by atoms with van der Waals surface area (Å²) in [6.45, 7) is 0. The first-order chi connectivity index (χ1) is 26.2. The summed E-state index contributed by atoms with van der Waals surface area (Å²) in [5.41, 5.74) is 13.3. The number of aromatic nitrogens is 2. The summed E-state index contributed by atoms with van der Waals surface area (Å²) in [5, 5.41) is 4.58. The molecule has 0 radical (unpaired) electrons. The van der Waals surface area contributed by atoms with E-state index in [2.05, 4.69) is 176 Å². The summed E-state index contributed by atoms with van der Waals surface area (Å²) in [4.78, 5) is 10.5. The van der Waals surface area contributed by atoms with Crippen LogP contribution in [0.1, 0.15) is 0 Å². The third-order valence-corrected chi connectivity index (χ3v) is 10.1. The van der Waals surface area contributed by atoms with Crippen LogP contribution in [0.15, 0.2) is 199 Å². The van der Waals surface area contributed by atoms with Gasteiger partial charge in [-0.05, 0) is 86.6 Å². The molecule has 0 N–H and O–H groups in total. The minimum Gasteiger partial charge on any atom is -0.456 e. The van der Waals surface area contributed by atoms with E-state index >= 15 is 0 Å². The van der Waals surface area contributed by atoms with E-state index < -0.39 is 0 Å². The molecule has 3 nitrogen and oxygen atoms in total. The molecule has 53 heavy (non-hydrogen) atoms. The highest BCUT2D eigenvalue weighted by Gasteiger charge is 2.17. The van der Waals surface area contributed by atoms with E-state index in [4.69, 9.17) is 14.4 Å². The Morgan fingerprint density at radius 1 is 0.321 bits per heavy atom. The Morgan fingerprint density at radius 3 is 1.68 bits per heavy atom. The molecule has 2 heterocycles. The highest BCUT2D eigenvalue weighted by Crippen LogP contribution is 2.40. The average molecular weight is 677 g/mol. The Labute approximate surface area is 307 Å². The average Bonchev–Trinajstić information content (AvgIpc) is 3.63. The Balaban J connectivity index is 1.19. The van der Waals surface area contributed by atoms with Gasteiger partial charge >= 0.3 is 0 Å². The third-order valence-electron chi connectivity index (χ3n) is 10.1. The topological polar surface area (TPSA) is 38.9 Å². The van der Waals surface area contributed by atoms with Crippen molar-refractivity contribution in [2.24, 2.45) is 0 Å². The number of para-hydroxylation sites is 1. The van der Waals surface area contributed by atoms with Crippen LogP contribution in [0.25, 0.3) is 100.0 Å². The fourth-order valence-electron chi connectivity index (χ4n) is 7.41. The molecule has 0 bridgehead atoms. The van der Waals surface area contributed by atoms with Crippen molar-refractivity contribution < 1.29 is 4.42 Å². The minimum absolute atomic E-state index is 0.680. The van der Waals surface area contributed by atoms with E-state index in [0.717, 1.165) is 77.8 Å². The molecule has 0 atom stereocenters. The molecule has 10 rings (SSSR count). The van der Waals surface area contributed by atoms with Crippen molar-refractivity contribution in [2.75, 3.05) is 0 Å². The summed E-state index contributed by atoms with van der Waals surface area (Å²) >= 11 is 0. The first-order valence-electron chi connectivity index (χ1n) is 17.9. The molecule has 0 aliphatic rings. The van der Waals surface area contributed by atoms with Crippen LogP contribution in [-0.4, -0.2) is 9.97 Å². The second-order valence-corrected chi connectivity index (χ2v) is 13.4. The number of furan rings is 1. The molecular weight excluding hydrogens is 645 g/mol. The monoisotopic (exact) mass is 676 g/mol. The minimum atomic E-state index is 0.680. The zero-order valence-corrected chi connectivity index (χ0v) is 28.8. The van der Waals surface area contributed by atoms with E-state index in [0.29, 0.717) is 5.82 Å². The maximum atomic E-state index is 6.32. The summed E-state index contributed by atoms with van der Waals surface area (Å²) in [5.74, 6) is 0.680. The van der Waals surface area contributed by atoms with Crippen molar-refractivity contribution in [2.45, 2.75) is 0 Å². The van der Waals surface area contributed by atoms with Crippen molar-refractivity contribution in [3.05, 3.63) is 194 Å². The van der Waals surface area contributed by atoms with Gasteiger partial charge in [-0.2, -0.15) is 0 Å². The molecule has 0 fully saturated rings. The summed E-state index contributed by atoms with van der Waals surface area (Å²) in [6, 6.07) is 68.1. The van der Waals surface area contributed by atoms with Gasteiger partial charge in [0.1, 0.15) is 11.2 Å². The fourth-order valence-corrected chi connectivity index (χ4v) is 7.41. The standard InChI is InChI=1S/C50H32N2O/c1-3-12-33(13-4-1)36-22-25-37(26-23-36)50-51-45(39-27-24-35-16-7-8-17-38(35)28-39)32-46(52-50)42-30-40(34-14-5-2-6-15-34)29-41(31-42)43-19-11-21-48-49(43)44-18-9-10-20-47(44)53-48/h1-32H. The molecule has 0 saturated heterocycles. The lowest BCUT2D eigenvalue weighted by molar-refractivity contribution is 0.669. The molecule has 248 valence electrons. The summed E-state index contributed by atoms with van der Waals surface area (Å²) < 4.78 is 6.32. The van der Waals surface area contributed by atoms with Gasteiger partial charge in [-0.25, -0.2) is 9.97 Å². The largest absolute Gasteiger partial charge is 0.456 e. The molecule has 0 saturated carbocycles. The van der Waals surface area contributed by atoms with Gasteiger partial charge < -0.3 is 4.42 Å². The van der Waals surface area contributed by atoms with E-state index in [-0.39, 0.29) is 0 Å². The second kappa shape index (κ2) is 12.9. The van der Waals surface area contributed by atoms with E-state index in [9.17, 15) is 0 Å². The fraction of sp³-hybridized carbons (Fsp3) is 0. The number of hydrogen-bond acceptors (Lipinski definition) is 3. The van der Waals surface area contributed by atoms with Gasteiger partial charge in [-0.3, -0.25) is 0 Å². The van der Waals surface area contributed by atoms with Gasteiger partial charge in [-0.1, -0.05) is 152 Å². The van der Waals surface area contributed by atoms with Crippen molar-refractivity contribution >= 4 is 32.7 Å². The zero-order valence-electron chi connectivity index (χ0n) is 28.8. The van der Waals surface area contributed by atoms with Crippen LogP contribution in [0, 0.1) is 0 Å². The van der Waals surface area contributed by atoms with Crippen molar-refractivity contribution in [1.29, 1.82) is 0 Å². The van der Waals surface area contributed by atoms with Gasteiger partial charge in [0.2, 0.25) is 0 Å². The van der Waals surface area contributed by atoms with E-state index in [1.54, 1.807) is 0 Å². The van der Waals surface area contributed by atoms with Gasteiger partial charge in [0.05, 0.1) is 11.4 Å². The first kappa shape index (κ1) is 30.7. The van der Waals surface area contributed by atoms with E-state index in [1.165, 1.54) is 16.3 Å². The summed E-state index contributed by atoms with van der Waals surface area (Å²) in [6.07, 6.45) is 0. The number of rotatable bonds is 6. The van der Waals surface area contributed by atoms with Gasteiger partial charge in [0.25, 0.3) is 0 Å². The highest BCUT2D eigenvalue weighted by atomic mass is 16.3. The Kier molecular flexibility index (Phi) is 7.47. The lowest BCUT2D eigenvalue weighted by Crippen LogP contribution is -1.97. The maximum absolute atomic E-state index is 6.32. The normalized spacial score (nSPS) is 11.4. The van der Waals surface area contributed by atoms with Crippen molar-refractivity contribution in [3.8, 4) is 67.3 Å². The van der Waals surface area contributed by atoms with Crippen LogP contribution in [0.4, 0.5) is 0 Å². The second-order valence-electron chi connectivity index (χ2n) is 13.4. The maximum Gasteiger partial charge on any atom is 0.160 e. The molecule has 0 spiro atoms. The Bertz CT molecular complexity index is 2930. The molecular formula is C50H32N2O. The third kappa shape index (κ3) is 5.75. The quantitative estimate of drug-likeness (QED) is 0.176. The predicted octanol–water partition coefficient (Wildman–Crippen LogP) is 13.5.